The van der Waals surface area contributed by atoms with E-state index < -0.39 is 0 Å². The van der Waals surface area contributed by atoms with Gasteiger partial charge in [0.15, 0.2) is 0 Å². The van der Waals surface area contributed by atoms with Gasteiger partial charge in [0.1, 0.15) is 0 Å². The van der Waals surface area contributed by atoms with E-state index in [2.05, 4.69) is 73.2 Å². The molecule has 0 fully saturated rings. The summed E-state index contributed by atoms with van der Waals surface area (Å²) in [4.78, 5) is 0. The Morgan fingerprint density at radius 3 is 2.19 bits per heavy atom. The van der Waals surface area contributed by atoms with Gasteiger partial charge >= 0.3 is 0 Å². The molecule has 2 aromatic carbocycles. The van der Waals surface area contributed by atoms with Crippen LogP contribution in [-0.2, 0) is 0 Å². The largest absolute Gasteiger partial charge is 0.304 e. The smallest absolute Gasteiger partial charge is 0.0464 e. The van der Waals surface area contributed by atoms with Crippen molar-refractivity contribution in [3.05, 3.63) is 68.1 Å². The van der Waals surface area contributed by atoms with Crippen molar-refractivity contribution in [3.63, 3.8) is 0 Å². The number of nitrogens with one attached hydrogen (secondary N) is 1. The molecule has 1 N–H and O–H groups in total. The zero-order valence-corrected chi connectivity index (χ0v) is 15.2. The maximum Gasteiger partial charge on any atom is 0.0464 e. The van der Waals surface area contributed by atoms with Crippen LogP contribution in [0.4, 0.5) is 0 Å². The van der Waals surface area contributed by atoms with Crippen LogP contribution in [-0.4, -0.2) is 0 Å². The first-order chi connectivity index (χ1) is 9.88. The van der Waals surface area contributed by atoms with Crippen LogP contribution in [0.15, 0.2) is 40.9 Å². The molecule has 0 radical (unpaired) electrons. The first-order valence-corrected chi connectivity index (χ1v) is 8.33. The predicted octanol–water partition coefficient (Wildman–Crippen LogP) is 6.13. The predicted molar refractivity (Wildman–Crippen MR) is 95.0 cm³/mol. The van der Waals surface area contributed by atoms with Crippen LogP contribution in [0.1, 0.15) is 48.2 Å². The Morgan fingerprint density at radius 2 is 1.57 bits per heavy atom. The highest BCUT2D eigenvalue weighted by molar-refractivity contribution is 9.10. The Hall–Kier alpha value is -0.830. The summed E-state index contributed by atoms with van der Waals surface area (Å²) in [7, 11) is 0. The molecule has 21 heavy (non-hydrogen) atoms. The van der Waals surface area contributed by atoms with Gasteiger partial charge in [-0.1, -0.05) is 57.4 Å². The maximum absolute atomic E-state index is 6.34. The second-order valence-corrected chi connectivity index (χ2v) is 6.96. The molecule has 0 aliphatic carbocycles. The van der Waals surface area contributed by atoms with Gasteiger partial charge in [0.25, 0.3) is 0 Å². The van der Waals surface area contributed by atoms with Crippen molar-refractivity contribution >= 4 is 27.5 Å². The van der Waals surface area contributed by atoms with E-state index in [0.717, 1.165) is 15.1 Å². The van der Waals surface area contributed by atoms with Crippen molar-refractivity contribution in [1.82, 2.24) is 5.32 Å². The summed E-state index contributed by atoms with van der Waals surface area (Å²) in [6, 6.07) is 13.1. The summed E-state index contributed by atoms with van der Waals surface area (Å²) in [5.74, 6) is 0. The van der Waals surface area contributed by atoms with E-state index >= 15 is 0 Å². The lowest BCUT2D eigenvalue weighted by molar-refractivity contribution is 0.493. The standard InChI is InChI=1S/C18H21BrClN/c1-11-5-7-16(12(2)9-11)13(3)21-14(4)17-8-6-15(19)10-18(17)20/h5-10,13-14,21H,1-4H3. The molecule has 2 atom stereocenters. The number of aryl methyl sites for hydroxylation is 2. The quantitative estimate of drug-likeness (QED) is 0.686. The Bertz CT molecular complexity index is 584. The highest BCUT2D eigenvalue weighted by Crippen LogP contribution is 2.28. The fraction of sp³-hybridized carbons (Fsp3) is 0.333. The van der Waals surface area contributed by atoms with Gasteiger partial charge in [-0.2, -0.15) is 0 Å². The lowest BCUT2D eigenvalue weighted by Gasteiger charge is -2.23. The first kappa shape index (κ1) is 16.5. The van der Waals surface area contributed by atoms with E-state index in [-0.39, 0.29) is 12.1 Å². The monoisotopic (exact) mass is 365 g/mol. The van der Waals surface area contributed by atoms with Crippen molar-refractivity contribution in [3.8, 4) is 0 Å². The van der Waals surface area contributed by atoms with Crippen molar-refractivity contribution in [2.75, 3.05) is 0 Å². The Balaban J connectivity index is 2.16. The SMILES string of the molecule is Cc1ccc(C(C)NC(C)c2ccc(Br)cc2Cl)c(C)c1. The van der Waals surface area contributed by atoms with Gasteiger partial charge in [-0.25, -0.2) is 0 Å². The summed E-state index contributed by atoms with van der Waals surface area (Å²) >= 11 is 9.78. The average Bonchev–Trinajstić information content (AvgIpc) is 2.37. The van der Waals surface area contributed by atoms with Gasteiger partial charge in [-0.3, -0.25) is 0 Å². The Kier molecular flexibility index (Phi) is 5.48. The number of hydrogen-bond donors (Lipinski definition) is 1. The third kappa shape index (κ3) is 4.09. The lowest BCUT2D eigenvalue weighted by Crippen LogP contribution is -2.23. The third-order valence-electron chi connectivity index (χ3n) is 3.82. The molecule has 3 heteroatoms. The van der Waals surface area contributed by atoms with E-state index in [1.54, 1.807) is 0 Å². The molecule has 0 bridgehead atoms. The molecule has 112 valence electrons. The fourth-order valence-electron chi connectivity index (χ4n) is 2.72. The van der Waals surface area contributed by atoms with Crippen LogP contribution < -0.4 is 5.32 Å². The zero-order valence-electron chi connectivity index (χ0n) is 12.9. The molecule has 0 aliphatic heterocycles. The highest BCUT2D eigenvalue weighted by Gasteiger charge is 2.15. The number of halogens is 2. The number of rotatable bonds is 4. The molecule has 0 heterocycles. The highest BCUT2D eigenvalue weighted by atomic mass is 79.9. The zero-order chi connectivity index (χ0) is 15.6. The summed E-state index contributed by atoms with van der Waals surface area (Å²) < 4.78 is 1.01. The Morgan fingerprint density at radius 1 is 0.952 bits per heavy atom. The summed E-state index contributed by atoms with van der Waals surface area (Å²) in [6.07, 6.45) is 0. The van der Waals surface area contributed by atoms with Crippen LogP contribution in [0.5, 0.6) is 0 Å². The van der Waals surface area contributed by atoms with Crippen LogP contribution >= 0.6 is 27.5 Å². The van der Waals surface area contributed by atoms with E-state index in [9.17, 15) is 0 Å². The van der Waals surface area contributed by atoms with E-state index in [0.29, 0.717) is 0 Å². The van der Waals surface area contributed by atoms with Gasteiger partial charge in [0.2, 0.25) is 0 Å². The molecule has 0 amide bonds. The molecule has 0 aliphatic rings. The average molecular weight is 367 g/mol. The molecule has 2 aromatic rings. The molecule has 2 rings (SSSR count). The van der Waals surface area contributed by atoms with E-state index in [4.69, 9.17) is 11.6 Å². The van der Waals surface area contributed by atoms with Gasteiger partial charge < -0.3 is 5.32 Å². The minimum Gasteiger partial charge on any atom is -0.304 e. The van der Waals surface area contributed by atoms with Gasteiger partial charge in [0.05, 0.1) is 0 Å². The van der Waals surface area contributed by atoms with Crippen LogP contribution in [0.2, 0.25) is 5.02 Å². The molecule has 0 saturated heterocycles. The van der Waals surface area contributed by atoms with Crippen LogP contribution in [0.3, 0.4) is 0 Å². The maximum atomic E-state index is 6.34. The van der Waals surface area contributed by atoms with Crippen molar-refractivity contribution in [1.29, 1.82) is 0 Å². The second-order valence-electron chi connectivity index (χ2n) is 5.64. The van der Waals surface area contributed by atoms with Gasteiger partial charge in [0, 0.05) is 21.6 Å². The fourth-order valence-corrected chi connectivity index (χ4v) is 3.56. The normalized spacial score (nSPS) is 14.0. The lowest BCUT2D eigenvalue weighted by atomic mass is 9.99. The molecule has 1 nitrogen and oxygen atoms in total. The second kappa shape index (κ2) is 6.95. The van der Waals surface area contributed by atoms with Gasteiger partial charge in [-0.05, 0) is 56.5 Å². The summed E-state index contributed by atoms with van der Waals surface area (Å²) in [6.45, 7) is 8.63. The third-order valence-corrected chi connectivity index (χ3v) is 4.64. The molecule has 2 unspecified atom stereocenters. The topological polar surface area (TPSA) is 12.0 Å². The molecular formula is C18H21BrClN. The first-order valence-electron chi connectivity index (χ1n) is 7.16. The van der Waals surface area contributed by atoms with Crippen LogP contribution in [0.25, 0.3) is 0 Å². The van der Waals surface area contributed by atoms with Crippen LogP contribution in [0, 0.1) is 13.8 Å². The van der Waals surface area contributed by atoms with Crippen molar-refractivity contribution in [2.45, 2.75) is 39.8 Å². The number of benzene rings is 2. The summed E-state index contributed by atoms with van der Waals surface area (Å²) in [5, 5.41) is 4.42. The Labute approximate surface area is 140 Å². The molecule has 0 spiro atoms. The minimum atomic E-state index is 0.196. The van der Waals surface area contributed by atoms with E-state index in [1.807, 2.05) is 12.1 Å². The number of hydrogen-bond acceptors (Lipinski definition) is 1. The van der Waals surface area contributed by atoms with Crippen molar-refractivity contribution in [2.24, 2.45) is 0 Å². The van der Waals surface area contributed by atoms with Crippen molar-refractivity contribution < 1.29 is 0 Å². The summed E-state index contributed by atoms with van der Waals surface area (Å²) in [5.41, 5.74) is 5.08. The molecule has 0 aromatic heterocycles. The molecular weight excluding hydrogens is 346 g/mol. The van der Waals surface area contributed by atoms with Gasteiger partial charge in [-0.15, -0.1) is 0 Å². The molecule has 0 saturated carbocycles. The van der Waals surface area contributed by atoms with E-state index in [1.165, 1.54) is 16.7 Å². The minimum absolute atomic E-state index is 0.196.